The average Bonchev–Trinajstić information content (AvgIpc) is 2.65. The van der Waals surface area contributed by atoms with Gasteiger partial charge in [-0.25, -0.2) is 0 Å². The first kappa shape index (κ1) is 22.2. The van der Waals surface area contributed by atoms with Gasteiger partial charge < -0.3 is 4.74 Å². The maximum Gasteiger partial charge on any atom is 0.276 e. The molecule has 0 aliphatic heterocycles. The smallest absolute Gasteiger partial charge is 0.276 e. The first-order chi connectivity index (χ1) is 13.3. The molecular weight excluding hydrogens is 444 g/mol. The van der Waals surface area contributed by atoms with Crippen LogP contribution in [0.5, 0.6) is 5.75 Å². The van der Waals surface area contributed by atoms with Crippen molar-refractivity contribution in [1.82, 2.24) is 10.9 Å². The van der Waals surface area contributed by atoms with E-state index in [1.807, 2.05) is 24.3 Å². The molecule has 0 fully saturated rings. The van der Waals surface area contributed by atoms with Crippen LogP contribution in [0.15, 0.2) is 46.9 Å². The molecule has 2 aromatic carbocycles. The van der Waals surface area contributed by atoms with Crippen molar-refractivity contribution in [2.75, 3.05) is 6.61 Å². The summed E-state index contributed by atoms with van der Waals surface area (Å²) < 4.78 is 6.05. The van der Waals surface area contributed by atoms with Crippen LogP contribution in [-0.4, -0.2) is 18.4 Å². The number of amides is 2. The minimum Gasteiger partial charge on any atom is -0.483 e. The summed E-state index contributed by atoms with van der Waals surface area (Å²) in [6.07, 6.45) is 1.00. The van der Waals surface area contributed by atoms with Gasteiger partial charge in [0.2, 0.25) is 5.91 Å². The van der Waals surface area contributed by atoms with Crippen molar-refractivity contribution in [1.29, 1.82) is 0 Å². The van der Waals surface area contributed by atoms with Crippen LogP contribution >= 0.6 is 27.5 Å². The van der Waals surface area contributed by atoms with Gasteiger partial charge >= 0.3 is 0 Å². The zero-order valence-corrected chi connectivity index (χ0v) is 18.4. The molecule has 7 heteroatoms. The Bertz CT molecular complexity index is 825. The molecule has 2 N–H and O–H groups in total. The highest BCUT2D eigenvalue weighted by atomic mass is 79.9. The van der Waals surface area contributed by atoms with E-state index < -0.39 is 5.91 Å². The standard InChI is InChI=1S/C21H24BrClN2O3/c1-13(2)10-15-4-6-16(7-5-15)14(3)21(27)25-24-20(26)12-28-19-9-8-17(23)11-18(19)22/h4-9,11,13-14H,10,12H2,1-3H3,(H,24,26)(H,25,27). The maximum atomic E-state index is 12.3. The molecule has 2 rings (SSSR count). The maximum absolute atomic E-state index is 12.3. The number of hydrazine groups is 1. The lowest BCUT2D eigenvalue weighted by atomic mass is 9.96. The van der Waals surface area contributed by atoms with E-state index >= 15 is 0 Å². The number of nitrogens with one attached hydrogen (secondary N) is 2. The van der Waals surface area contributed by atoms with Gasteiger partial charge in [0.15, 0.2) is 6.61 Å². The summed E-state index contributed by atoms with van der Waals surface area (Å²) >= 11 is 9.17. The monoisotopic (exact) mass is 466 g/mol. The molecule has 0 radical (unpaired) electrons. The van der Waals surface area contributed by atoms with Gasteiger partial charge in [0, 0.05) is 5.02 Å². The quantitative estimate of drug-likeness (QED) is 0.583. The summed E-state index contributed by atoms with van der Waals surface area (Å²) in [4.78, 5) is 24.2. The van der Waals surface area contributed by atoms with Gasteiger partial charge in [-0.05, 0) is 64.5 Å². The van der Waals surface area contributed by atoms with Crippen LogP contribution < -0.4 is 15.6 Å². The van der Waals surface area contributed by atoms with Crippen LogP contribution in [0.1, 0.15) is 37.8 Å². The van der Waals surface area contributed by atoms with Crippen molar-refractivity contribution >= 4 is 39.3 Å². The van der Waals surface area contributed by atoms with Crippen LogP contribution in [-0.2, 0) is 16.0 Å². The lowest BCUT2D eigenvalue weighted by Gasteiger charge is -2.14. The van der Waals surface area contributed by atoms with E-state index in [1.165, 1.54) is 5.56 Å². The third kappa shape index (κ3) is 6.84. The highest BCUT2D eigenvalue weighted by Gasteiger charge is 2.16. The highest BCUT2D eigenvalue weighted by molar-refractivity contribution is 9.10. The molecule has 5 nitrogen and oxygen atoms in total. The van der Waals surface area contributed by atoms with E-state index in [4.69, 9.17) is 16.3 Å². The molecule has 0 aromatic heterocycles. The number of ether oxygens (including phenoxy) is 1. The van der Waals surface area contributed by atoms with Crippen molar-refractivity contribution in [3.05, 3.63) is 63.1 Å². The third-order valence-corrected chi connectivity index (χ3v) is 4.95. The van der Waals surface area contributed by atoms with Gasteiger partial charge in [0.25, 0.3) is 5.91 Å². The van der Waals surface area contributed by atoms with E-state index in [0.29, 0.717) is 21.2 Å². The van der Waals surface area contributed by atoms with E-state index in [1.54, 1.807) is 25.1 Å². The second kappa shape index (κ2) is 10.5. The van der Waals surface area contributed by atoms with Crippen LogP contribution in [0.3, 0.4) is 0 Å². The number of halogens is 2. The normalized spacial score (nSPS) is 11.8. The van der Waals surface area contributed by atoms with E-state index in [-0.39, 0.29) is 18.4 Å². The molecule has 1 unspecified atom stereocenters. The topological polar surface area (TPSA) is 67.4 Å². The highest BCUT2D eigenvalue weighted by Crippen LogP contribution is 2.27. The number of carbonyl (C=O) groups excluding carboxylic acids is 2. The largest absolute Gasteiger partial charge is 0.483 e. The van der Waals surface area contributed by atoms with Crippen molar-refractivity contribution in [3.63, 3.8) is 0 Å². The number of benzene rings is 2. The molecule has 1 atom stereocenters. The number of hydrogen-bond acceptors (Lipinski definition) is 3. The van der Waals surface area contributed by atoms with Crippen molar-refractivity contribution in [2.45, 2.75) is 33.1 Å². The third-order valence-electron chi connectivity index (χ3n) is 4.09. The second-order valence-corrected chi connectivity index (χ2v) is 8.25. The lowest BCUT2D eigenvalue weighted by molar-refractivity contribution is -0.130. The summed E-state index contributed by atoms with van der Waals surface area (Å²) in [7, 11) is 0. The fourth-order valence-electron chi connectivity index (χ4n) is 2.58. The molecule has 0 aliphatic rings. The molecule has 2 aromatic rings. The minimum atomic E-state index is -0.463. The van der Waals surface area contributed by atoms with Gasteiger partial charge in [-0.2, -0.15) is 0 Å². The second-order valence-electron chi connectivity index (χ2n) is 6.96. The Balaban J connectivity index is 1.81. The van der Waals surface area contributed by atoms with E-state index in [9.17, 15) is 9.59 Å². The summed E-state index contributed by atoms with van der Waals surface area (Å²) in [5.74, 6) is -0.0785. The predicted octanol–water partition coefficient (Wildman–Crippen LogP) is 4.63. The van der Waals surface area contributed by atoms with E-state index in [0.717, 1.165) is 12.0 Å². The summed E-state index contributed by atoms with van der Waals surface area (Å²) in [6.45, 7) is 5.89. The summed E-state index contributed by atoms with van der Waals surface area (Å²) in [5, 5.41) is 0.558. The molecular formula is C21H24BrClN2O3. The Labute approximate surface area is 178 Å². The first-order valence-electron chi connectivity index (χ1n) is 9.01. The lowest BCUT2D eigenvalue weighted by Crippen LogP contribution is -2.45. The molecule has 150 valence electrons. The Kier molecular flexibility index (Phi) is 8.33. The molecule has 0 heterocycles. The molecule has 0 aliphatic carbocycles. The Hall–Kier alpha value is -2.05. The summed E-state index contributed by atoms with van der Waals surface area (Å²) in [5.41, 5.74) is 6.93. The molecule has 0 saturated heterocycles. The zero-order valence-electron chi connectivity index (χ0n) is 16.1. The number of rotatable bonds is 7. The Morgan fingerprint density at radius 3 is 2.36 bits per heavy atom. The Morgan fingerprint density at radius 2 is 1.75 bits per heavy atom. The van der Waals surface area contributed by atoms with Gasteiger partial charge in [0.1, 0.15) is 5.75 Å². The minimum absolute atomic E-state index is 0.237. The molecule has 2 amide bonds. The summed E-state index contributed by atoms with van der Waals surface area (Å²) in [6, 6.07) is 13.0. The van der Waals surface area contributed by atoms with Crippen molar-refractivity contribution in [2.24, 2.45) is 5.92 Å². The van der Waals surface area contributed by atoms with Gasteiger partial charge in [-0.3, -0.25) is 20.4 Å². The predicted molar refractivity (Wildman–Crippen MR) is 114 cm³/mol. The SMILES string of the molecule is CC(C)Cc1ccc(C(C)C(=O)NNC(=O)COc2ccc(Cl)cc2Br)cc1. The van der Waals surface area contributed by atoms with Crippen LogP contribution in [0.4, 0.5) is 0 Å². The first-order valence-corrected chi connectivity index (χ1v) is 10.2. The van der Waals surface area contributed by atoms with Crippen LogP contribution in [0.2, 0.25) is 5.02 Å². The van der Waals surface area contributed by atoms with Crippen LogP contribution in [0.25, 0.3) is 0 Å². The zero-order chi connectivity index (χ0) is 20.7. The van der Waals surface area contributed by atoms with E-state index in [2.05, 4.69) is 40.6 Å². The average molecular weight is 468 g/mol. The van der Waals surface area contributed by atoms with Crippen molar-refractivity contribution < 1.29 is 14.3 Å². The fourth-order valence-corrected chi connectivity index (χ4v) is 3.37. The molecule has 0 saturated carbocycles. The molecule has 0 spiro atoms. The molecule has 28 heavy (non-hydrogen) atoms. The van der Waals surface area contributed by atoms with Crippen LogP contribution in [0, 0.1) is 5.92 Å². The molecule has 0 bridgehead atoms. The Morgan fingerprint density at radius 1 is 1.07 bits per heavy atom. The van der Waals surface area contributed by atoms with Crippen molar-refractivity contribution in [3.8, 4) is 5.75 Å². The number of carbonyl (C=O) groups is 2. The van der Waals surface area contributed by atoms with Gasteiger partial charge in [-0.15, -0.1) is 0 Å². The fraction of sp³-hybridized carbons (Fsp3) is 0.333. The number of hydrogen-bond donors (Lipinski definition) is 2. The van der Waals surface area contributed by atoms with Gasteiger partial charge in [-0.1, -0.05) is 49.7 Å². The van der Waals surface area contributed by atoms with Gasteiger partial charge in [0.05, 0.1) is 10.4 Å².